The van der Waals surface area contributed by atoms with Crippen molar-refractivity contribution in [3.8, 4) is 5.75 Å². The third-order valence-corrected chi connectivity index (χ3v) is 7.56. The highest BCUT2D eigenvalue weighted by atomic mass is 16.7. The van der Waals surface area contributed by atoms with Crippen molar-refractivity contribution in [1.29, 1.82) is 0 Å². The maximum absolute atomic E-state index is 6.25. The molecule has 4 rings (SSSR count). The lowest BCUT2D eigenvalue weighted by molar-refractivity contribution is -0.231. The maximum atomic E-state index is 6.25. The Kier molecular flexibility index (Phi) is 10.5. The molecule has 1 unspecified atom stereocenters. The molecule has 1 saturated heterocycles. The maximum Gasteiger partial charge on any atom is 0.213 e. The lowest BCUT2D eigenvalue weighted by Gasteiger charge is -2.47. The fourth-order valence-electron chi connectivity index (χ4n) is 5.16. The highest BCUT2D eigenvalue weighted by Crippen LogP contribution is 2.39. The van der Waals surface area contributed by atoms with Gasteiger partial charge in [-0.05, 0) is 57.4 Å². The van der Waals surface area contributed by atoms with Gasteiger partial charge in [0.15, 0.2) is 0 Å². The number of likely N-dealkylation sites (tertiary alicyclic amines) is 1. The van der Waals surface area contributed by atoms with Crippen molar-refractivity contribution in [2.45, 2.75) is 111 Å². The Labute approximate surface area is 203 Å². The first kappa shape index (κ1) is 26.5. The van der Waals surface area contributed by atoms with E-state index in [1.807, 2.05) is 0 Å². The molecule has 1 saturated carbocycles. The first-order chi connectivity index (χ1) is 15.9. The first-order valence-corrected chi connectivity index (χ1v) is 13.7. The molecule has 0 aromatic heterocycles. The van der Waals surface area contributed by atoms with E-state index in [0.29, 0.717) is 6.61 Å². The molecular formula is C29H49NO3. The molecule has 4 nitrogen and oxygen atoms in total. The van der Waals surface area contributed by atoms with E-state index in [1.54, 1.807) is 0 Å². The second-order valence-corrected chi connectivity index (χ2v) is 10.8. The minimum Gasteiger partial charge on any atom is -0.462 e. The lowest BCUT2D eigenvalue weighted by Crippen LogP contribution is -2.54. The van der Waals surface area contributed by atoms with Gasteiger partial charge < -0.3 is 14.2 Å². The molecule has 2 heterocycles. The molecule has 2 aliphatic heterocycles. The number of hydrogen-bond acceptors (Lipinski definition) is 4. The van der Waals surface area contributed by atoms with Gasteiger partial charge in [-0.25, -0.2) is 0 Å². The smallest absolute Gasteiger partial charge is 0.213 e. The molecule has 33 heavy (non-hydrogen) atoms. The number of ether oxygens (including phenoxy) is 3. The van der Waals surface area contributed by atoms with Crippen LogP contribution in [0, 0.1) is 18.8 Å². The van der Waals surface area contributed by atoms with Crippen LogP contribution in [0.3, 0.4) is 0 Å². The minimum absolute atomic E-state index is 0.359. The number of fused-ring (bicyclic) bond motifs is 1. The highest BCUT2D eigenvalue weighted by molar-refractivity contribution is 5.37. The van der Waals surface area contributed by atoms with E-state index in [1.165, 1.54) is 56.1 Å². The highest BCUT2D eigenvalue weighted by Gasteiger charge is 2.42. The Bertz CT molecular complexity index is 692. The van der Waals surface area contributed by atoms with Gasteiger partial charge in [0.25, 0.3) is 0 Å². The Hall–Kier alpha value is -1.10. The fourth-order valence-corrected chi connectivity index (χ4v) is 5.16. The SMILES string of the molecule is CCCC(CCC(C)C)COCC.Cc1ccc2c(c1)COC1(CCN(C3CCC3)CC1)O2. The fraction of sp³-hybridized carbons (Fsp3) is 0.793. The quantitative estimate of drug-likeness (QED) is 0.393. The van der Waals surface area contributed by atoms with Gasteiger partial charge in [0.2, 0.25) is 5.79 Å². The number of aryl methyl sites for hydroxylation is 1. The average molecular weight is 460 g/mol. The van der Waals surface area contributed by atoms with E-state index in [9.17, 15) is 0 Å². The van der Waals surface area contributed by atoms with Crippen molar-refractivity contribution in [2.24, 2.45) is 11.8 Å². The molecule has 1 aromatic rings. The van der Waals surface area contributed by atoms with Gasteiger partial charge in [-0.3, -0.25) is 4.90 Å². The summed E-state index contributed by atoms with van der Waals surface area (Å²) in [6, 6.07) is 7.24. The summed E-state index contributed by atoms with van der Waals surface area (Å²) in [6.07, 6.45) is 11.5. The van der Waals surface area contributed by atoms with Crippen LogP contribution in [-0.2, 0) is 16.1 Å². The molecule has 2 fully saturated rings. The van der Waals surface area contributed by atoms with Gasteiger partial charge >= 0.3 is 0 Å². The Morgan fingerprint density at radius 1 is 1.09 bits per heavy atom. The number of hydrogen-bond donors (Lipinski definition) is 0. The van der Waals surface area contributed by atoms with Gasteiger partial charge in [0.1, 0.15) is 5.75 Å². The van der Waals surface area contributed by atoms with E-state index >= 15 is 0 Å². The predicted octanol–water partition coefficient (Wildman–Crippen LogP) is 7.12. The van der Waals surface area contributed by atoms with E-state index < -0.39 is 0 Å². The van der Waals surface area contributed by atoms with E-state index in [0.717, 1.165) is 62.8 Å². The Morgan fingerprint density at radius 3 is 2.45 bits per heavy atom. The predicted molar refractivity (Wildman–Crippen MR) is 137 cm³/mol. The van der Waals surface area contributed by atoms with Crippen molar-refractivity contribution < 1.29 is 14.2 Å². The van der Waals surface area contributed by atoms with Crippen molar-refractivity contribution >= 4 is 0 Å². The number of benzene rings is 1. The summed E-state index contributed by atoms with van der Waals surface area (Å²) >= 11 is 0. The summed E-state index contributed by atoms with van der Waals surface area (Å²) < 4.78 is 17.8. The van der Waals surface area contributed by atoms with Gasteiger partial charge in [-0.2, -0.15) is 0 Å². The van der Waals surface area contributed by atoms with Gasteiger partial charge in [0.05, 0.1) is 6.61 Å². The molecule has 1 aliphatic carbocycles. The zero-order chi connectivity index (χ0) is 23.7. The number of nitrogens with zero attached hydrogens (tertiary/aromatic N) is 1. The summed E-state index contributed by atoms with van der Waals surface area (Å²) in [6.45, 7) is 15.8. The van der Waals surface area contributed by atoms with Gasteiger partial charge in [0, 0.05) is 50.8 Å². The van der Waals surface area contributed by atoms with Crippen LogP contribution >= 0.6 is 0 Å². The van der Waals surface area contributed by atoms with Crippen molar-refractivity contribution in [2.75, 3.05) is 26.3 Å². The van der Waals surface area contributed by atoms with Crippen LogP contribution in [0.15, 0.2) is 18.2 Å². The normalized spacial score (nSPS) is 21.0. The topological polar surface area (TPSA) is 30.9 Å². The monoisotopic (exact) mass is 459 g/mol. The second kappa shape index (κ2) is 13.1. The third-order valence-electron chi connectivity index (χ3n) is 7.56. The van der Waals surface area contributed by atoms with Crippen LogP contribution < -0.4 is 4.74 Å². The second-order valence-electron chi connectivity index (χ2n) is 10.8. The molecule has 0 N–H and O–H groups in total. The van der Waals surface area contributed by atoms with Gasteiger partial charge in [-0.15, -0.1) is 0 Å². The van der Waals surface area contributed by atoms with E-state index in [-0.39, 0.29) is 5.79 Å². The van der Waals surface area contributed by atoms with Crippen LogP contribution in [0.5, 0.6) is 5.75 Å². The summed E-state index contributed by atoms with van der Waals surface area (Å²) in [5, 5.41) is 0. The van der Waals surface area contributed by atoms with Crippen LogP contribution in [0.1, 0.15) is 96.6 Å². The third kappa shape index (κ3) is 7.97. The summed E-state index contributed by atoms with van der Waals surface area (Å²) in [5.41, 5.74) is 2.46. The van der Waals surface area contributed by atoms with Crippen LogP contribution in [-0.4, -0.2) is 43.0 Å². The molecule has 0 bridgehead atoms. The molecule has 1 spiro atoms. The molecule has 188 valence electrons. The van der Waals surface area contributed by atoms with Crippen LogP contribution in [0.2, 0.25) is 0 Å². The molecular weight excluding hydrogens is 410 g/mol. The first-order valence-electron chi connectivity index (χ1n) is 13.7. The molecule has 1 atom stereocenters. The molecule has 4 heteroatoms. The average Bonchev–Trinajstić information content (AvgIpc) is 2.77. The van der Waals surface area contributed by atoms with Crippen LogP contribution in [0.4, 0.5) is 0 Å². The number of rotatable bonds is 9. The van der Waals surface area contributed by atoms with Crippen LogP contribution in [0.25, 0.3) is 0 Å². The largest absolute Gasteiger partial charge is 0.462 e. The lowest BCUT2D eigenvalue weighted by atomic mass is 9.89. The summed E-state index contributed by atoms with van der Waals surface area (Å²) in [5.74, 6) is 2.30. The van der Waals surface area contributed by atoms with Crippen molar-refractivity contribution in [3.63, 3.8) is 0 Å². The minimum atomic E-state index is -0.359. The zero-order valence-corrected chi connectivity index (χ0v) is 22.0. The van der Waals surface area contributed by atoms with E-state index in [4.69, 9.17) is 14.2 Å². The molecule has 0 amide bonds. The Balaban J connectivity index is 0.000000207. The molecule has 1 aromatic carbocycles. The van der Waals surface area contributed by atoms with Crippen molar-refractivity contribution in [3.05, 3.63) is 29.3 Å². The molecule has 3 aliphatic rings. The van der Waals surface area contributed by atoms with E-state index in [2.05, 4.69) is 57.7 Å². The standard InChI is InChI=1S/C17H23NO2.C12H26O/c1-13-5-6-16-14(11-13)12-19-17(20-16)7-9-18(10-8-17)15-3-2-4-15;1-5-7-12(10-13-6-2)9-8-11(3)4/h5-6,11,15H,2-4,7-10,12H2,1H3;11-12H,5-10H2,1-4H3. The zero-order valence-electron chi connectivity index (χ0n) is 22.0. The Morgan fingerprint density at radius 2 is 1.85 bits per heavy atom. The van der Waals surface area contributed by atoms with Gasteiger partial charge in [-0.1, -0.05) is 57.7 Å². The van der Waals surface area contributed by atoms with Crippen molar-refractivity contribution in [1.82, 2.24) is 4.90 Å². The molecule has 0 radical (unpaired) electrons. The number of piperidine rings is 1. The summed E-state index contributed by atoms with van der Waals surface area (Å²) in [7, 11) is 0. The summed E-state index contributed by atoms with van der Waals surface area (Å²) in [4.78, 5) is 2.63.